The van der Waals surface area contributed by atoms with E-state index in [2.05, 4.69) is 5.32 Å². The summed E-state index contributed by atoms with van der Waals surface area (Å²) in [7, 11) is 0. The third-order valence-corrected chi connectivity index (χ3v) is 4.44. The first kappa shape index (κ1) is 17.4. The standard InChI is InChI=1S/C21H16N4O3/c1-14-7-6-12-24-19(14)22-18(15-8-3-2-4-9-15)20(24)23-21(26)16-10-5-11-17(13-16)25(27)28/h2-13H,1H3,(H,23,26). The molecule has 0 saturated heterocycles. The number of carbonyl (C=O) groups excluding carboxylic acids is 1. The monoisotopic (exact) mass is 372 g/mol. The number of nitrogens with zero attached hydrogens (tertiary/aromatic N) is 3. The molecule has 0 bridgehead atoms. The van der Waals surface area contributed by atoms with Crippen molar-refractivity contribution in [2.75, 3.05) is 5.32 Å². The number of pyridine rings is 1. The normalized spacial score (nSPS) is 10.8. The van der Waals surface area contributed by atoms with Crippen molar-refractivity contribution in [1.82, 2.24) is 9.38 Å². The van der Waals surface area contributed by atoms with Gasteiger partial charge in [-0.2, -0.15) is 0 Å². The number of fused-ring (bicyclic) bond motifs is 1. The maximum Gasteiger partial charge on any atom is 0.270 e. The molecule has 0 atom stereocenters. The Morgan fingerprint density at radius 1 is 1.07 bits per heavy atom. The van der Waals surface area contributed by atoms with Gasteiger partial charge in [0.25, 0.3) is 11.6 Å². The number of anilines is 1. The van der Waals surface area contributed by atoms with E-state index in [9.17, 15) is 14.9 Å². The Balaban J connectivity index is 1.82. The number of nitrogens with one attached hydrogen (secondary N) is 1. The summed E-state index contributed by atoms with van der Waals surface area (Å²) in [5.74, 6) is 0.0746. The van der Waals surface area contributed by atoms with E-state index in [4.69, 9.17) is 4.98 Å². The molecule has 7 nitrogen and oxygen atoms in total. The number of nitro groups is 1. The molecule has 0 fully saturated rings. The van der Waals surface area contributed by atoms with E-state index in [1.807, 2.05) is 60.0 Å². The zero-order chi connectivity index (χ0) is 19.7. The van der Waals surface area contributed by atoms with Crippen LogP contribution in [-0.4, -0.2) is 20.2 Å². The van der Waals surface area contributed by atoms with Crippen LogP contribution in [0.15, 0.2) is 72.9 Å². The fourth-order valence-electron chi connectivity index (χ4n) is 3.06. The molecule has 0 saturated carbocycles. The van der Waals surface area contributed by atoms with Crippen molar-refractivity contribution in [1.29, 1.82) is 0 Å². The van der Waals surface area contributed by atoms with Crippen molar-refractivity contribution in [3.63, 3.8) is 0 Å². The molecule has 4 aromatic rings. The third-order valence-electron chi connectivity index (χ3n) is 4.44. The number of carbonyl (C=O) groups is 1. The summed E-state index contributed by atoms with van der Waals surface area (Å²) in [6.45, 7) is 1.95. The number of imidazole rings is 1. The van der Waals surface area contributed by atoms with Crippen LogP contribution >= 0.6 is 0 Å². The van der Waals surface area contributed by atoms with Gasteiger partial charge in [-0.15, -0.1) is 0 Å². The van der Waals surface area contributed by atoms with Crippen LogP contribution in [0.1, 0.15) is 15.9 Å². The summed E-state index contributed by atoms with van der Waals surface area (Å²) < 4.78 is 1.81. The van der Waals surface area contributed by atoms with E-state index >= 15 is 0 Å². The molecule has 138 valence electrons. The van der Waals surface area contributed by atoms with Crippen molar-refractivity contribution in [2.24, 2.45) is 0 Å². The average Bonchev–Trinajstić information content (AvgIpc) is 3.08. The molecule has 7 heteroatoms. The summed E-state index contributed by atoms with van der Waals surface area (Å²) in [4.78, 5) is 28.0. The number of amides is 1. The van der Waals surface area contributed by atoms with Crippen LogP contribution in [0, 0.1) is 17.0 Å². The molecule has 0 aliphatic rings. The second-order valence-corrected chi connectivity index (χ2v) is 6.32. The molecular formula is C21H16N4O3. The van der Waals surface area contributed by atoms with Gasteiger partial charge in [0, 0.05) is 29.5 Å². The van der Waals surface area contributed by atoms with Gasteiger partial charge in [-0.1, -0.05) is 42.5 Å². The first-order chi connectivity index (χ1) is 13.5. The van der Waals surface area contributed by atoms with Gasteiger partial charge in [0.05, 0.1) is 4.92 Å². The van der Waals surface area contributed by atoms with Crippen molar-refractivity contribution in [2.45, 2.75) is 6.92 Å². The lowest BCUT2D eigenvalue weighted by Gasteiger charge is -2.08. The Labute approximate surface area is 160 Å². The van der Waals surface area contributed by atoms with Crippen LogP contribution in [-0.2, 0) is 0 Å². The Morgan fingerprint density at radius 3 is 2.61 bits per heavy atom. The van der Waals surface area contributed by atoms with Crippen LogP contribution in [0.4, 0.5) is 11.5 Å². The molecule has 0 radical (unpaired) electrons. The molecule has 0 aliphatic carbocycles. The lowest BCUT2D eigenvalue weighted by molar-refractivity contribution is -0.384. The van der Waals surface area contributed by atoms with E-state index in [-0.39, 0.29) is 11.3 Å². The van der Waals surface area contributed by atoms with E-state index in [1.54, 1.807) is 6.07 Å². The van der Waals surface area contributed by atoms with E-state index in [1.165, 1.54) is 18.2 Å². The van der Waals surface area contributed by atoms with Crippen molar-refractivity contribution >= 4 is 23.1 Å². The number of nitro benzene ring substituents is 1. The third kappa shape index (κ3) is 3.09. The molecule has 2 heterocycles. The van der Waals surface area contributed by atoms with Crippen molar-refractivity contribution < 1.29 is 9.72 Å². The van der Waals surface area contributed by atoms with Gasteiger partial charge in [-0.25, -0.2) is 4.98 Å². The van der Waals surface area contributed by atoms with E-state index in [0.717, 1.165) is 16.8 Å². The quantitative estimate of drug-likeness (QED) is 0.423. The number of hydrogen-bond donors (Lipinski definition) is 1. The van der Waals surface area contributed by atoms with E-state index in [0.29, 0.717) is 11.5 Å². The fourth-order valence-corrected chi connectivity index (χ4v) is 3.06. The Kier molecular flexibility index (Phi) is 4.33. The predicted molar refractivity (Wildman–Crippen MR) is 106 cm³/mol. The molecular weight excluding hydrogens is 356 g/mol. The maximum absolute atomic E-state index is 12.8. The highest BCUT2D eigenvalue weighted by molar-refractivity contribution is 6.06. The lowest BCUT2D eigenvalue weighted by atomic mass is 10.1. The molecule has 2 aromatic heterocycles. The summed E-state index contributed by atoms with van der Waals surface area (Å²) in [6.07, 6.45) is 1.82. The Bertz CT molecular complexity index is 1200. The van der Waals surface area contributed by atoms with E-state index < -0.39 is 10.8 Å². The molecule has 0 spiro atoms. The molecule has 1 N–H and O–H groups in total. The maximum atomic E-state index is 12.8. The van der Waals surface area contributed by atoms with Crippen molar-refractivity contribution in [3.8, 4) is 11.3 Å². The first-order valence-corrected chi connectivity index (χ1v) is 8.63. The van der Waals surface area contributed by atoms with Gasteiger partial charge < -0.3 is 5.32 Å². The highest BCUT2D eigenvalue weighted by atomic mass is 16.6. The minimum atomic E-state index is -0.524. The molecule has 2 aromatic carbocycles. The average molecular weight is 372 g/mol. The second kappa shape index (κ2) is 6.96. The lowest BCUT2D eigenvalue weighted by Crippen LogP contribution is -2.14. The zero-order valence-corrected chi connectivity index (χ0v) is 15.0. The van der Waals surface area contributed by atoms with Gasteiger partial charge in [0.15, 0.2) is 0 Å². The van der Waals surface area contributed by atoms with Crippen LogP contribution in [0.2, 0.25) is 0 Å². The molecule has 28 heavy (non-hydrogen) atoms. The van der Waals surface area contributed by atoms with Gasteiger partial charge in [0.1, 0.15) is 17.2 Å². The van der Waals surface area contributed by atoms with Crippen molar-refractivity contribution in [3.05, 3.63) is 94.2 Å². The van der Waals surface area contributed by atoms with Crippen LogP contribution in [0.25, 0.3) is 16.9 Å². The number of rotatable bonds is 4. The number of aryl methyl sites for hydroxylation is 1. The topological polar surface area (TPSA) is 89.5 Å². The molecule has 0 unspecified atom stereocenters. The number of benzene rings is 2. The summed E-state index contributed by atoms with van der Waals surface area (Å²) in [5, 5.41) is 13.9. The van der Waals surface area contributed by atoms with Crippen LogP contribution < -0.4 is 5.32 Å². The van der Waals surface area contributed by atoms with Gasteiger partial charge >= 0.3 is 0 Å². The smallest absolute Gasteiger partial charge is 0.270 e. The van der Waals surface area contributed by atoms with Gasteiger partial charge in [0.2, 0.25) is 0 Å². The van der Waals surface area contributed by atoms with Crippen LogP contribution in [0.3, 0.4) is 0 Å². The Morgan fingerprint density at radius 2 is 1.86 bits per heavy atom. The van der Waals surface area contributed by atoms with Gasteiger partial charge in [-0.3, -0.25) is 19.3 Å². The zero-order valence-electron chi connectivity index (χ0n) is 15.0. The minimum absolute atomic E-state index is 0.134. The molecule has 4 rings (SSSR count). The second-order valence-electron chi connectivity index (χ2n) is 6.32. The predicted octanol–water partition coefficient (Wildman–Crippen LogP) is 4.47. The summed E-state index contributed by atoms with van der Waals surface area (Å²) >= 11 is 0. The summed E-state index contributed by atoms with van der Waals surface area (Å²) in [6, 6.07) is 19.0. The van der Waals surface area contributed by atoms with Crippen LogP contribution in [0.5, 0.6) is 0 Å². The largest absolute Gasteiger partial charge is 0.306 e. The summed E-state index contributed by atoms with van der Waals surface area (Å²) in [5.41, 5.74) is 3.26. The fraction of sp³-hybridized carbons (Fsp3) is 0.0476. The highest BCUT2D eigenvalue weighted by Crippen LogP contribution is 2.30. The number of aromatic nitrogens is 2. The molecule has 1 amide bonds. The number of hydrogen-bond acceptors (Lipinski definition) is 4. The molecule has 0 aliphatic heterocycles. The highest BCUT2D eigenvalue weighted by Gasteiger charge is 2.19. The number of non-ortho nitro benzene ring substituents is 1. The SMILES string of the molecule is Cc1cccn2c(NC(=O)c3cccc([N+](=O)[O-])c3)c(-c3ccccc3)nc12. The Hall–Kier alpha value is -4.00. The van der Waals surface area contributed by atoms with Gasteiger partial charge in [-0.05, 0) is 24.6 Å². The minimum Gasteiger partial charge on any atom is -0.306 e. The first-order valence-electron chi connectivity index (χ1n) is 8.63.